The number of anilines is 2. The second kappa shape index (κ2) is 9.36. The van der Waals surface area contributed by atoms with Gasteiger partial charge in [-0.05, 0) is 49.3 Å². The van der Waals surface area contributed by atoms with Crippen LogP contribution in [0.25, 0.3) is 0 Å². The lowest BCUT2D eigenvalue weighted by Crippen LogP contribution is -2.47. The van der Waals surface area contributed by atoms with Crippen molar-refractivity contribution in [1.29, 1.82) is 0 Å². The molecule has 2 aliphatic heterocycles. The molecule has 0 saturated carbocycles. The minimum Gasteiger partial charge on any atom is -0.495 e. The minimum atomic E-state index is -0.606. The predicted octanol–water partition coefficient (Wildman–Crippen LogP) is 4.40. The zero-order valence-corrected chi connectivity index (χ0v) is 19.0. The lowest BCUT2D eigenvalue weighted by Gasteiger charge is -2.34. The van der Waals surface area contributed by atoms with Gasteiger partial charge in [-0.15, -0.1) is 0 Å². The number of carbonyl (C=O) groups excluding carboxylic acids is 2. The third kappa shape index (κ3) is 4.67. The lowest BCUT2D eigenvalue weighted by atomic mass is 9.88. The molecule has 170 valence electrons. The van der Waals surface area contributed by atoms with Crippen LogP contribution in [0.3, 0.4) is 0 Å². The normalized spacial score (nSPS) is 19.6. The maximum Gasteiger partial charge on any atom is 0.249 e. The van der Waals surface area contributed by atoms with Crippen LogP contribution in [-0.4, -0.2) is 38.1 Å². The van der Waals surface area contributed by atoms with E-state index in [1.165, 1.54) is 18.7 Å². The molecule has 0 aliphatic carbocycles. The van der Waals surface area contributed by atoms with E-state index in [1.807, 2.05) is 17.9 Å². The van der Waals surface area contributed by atoms with Crippen molar-refractivity contribution < 1.29 is 18.7 Å². The molecule has 0 bridgehead atoms. The number of piperidine rings is 2. The average Bonchev–Trinajstić information content (AvgIpc) is 2.78. The number of methoxy groups -OCH3 is 1. The van der Waals surface area contributed by atoms with E-state index in [2.05, 4.69) is 22.8 Å². The van der Waals surface area contributed by atoms with E-state index >= 15 is 4.39 Å². The highest BCUT2D eigenvalue weighted by Crippen LogP contribution is 2.37. The van der Waals surface area contributed by atoms with Gasteiger partial charge in [-0.1, -0.05) is 23.7 Å². The maximum absolute atomic E-state index is 15.1. The molecule has 0 radical (unpaired) electrons. The fraction of sp³-hybridized carbons (Fsp3) is 0.417. The van der Waals surface area contributed by atoms with Crippen LogP contribution in [0.15, 0.2) is 30.3 Å². The van der Waals surface area contributed by atoms with Crippen LogP contribution in [0.1, 0.15) is 42.7 Å². The van der Waals surface area contributed by atoms with Gasteiger partial charge in [-0.3, -0.25) is 14.9 Å². The third-order valence-electron chi connectivity index (χ3n) is 6.33. The third-order valence-corrected chi connectivity index (χ3v) is 6.75. The van der Waals surface area contributed by atoms with Gasteiger partial charge in [0.15, 0.2) is 0 Å². The lowest BCUT2D eigenvalue weighted by molar-refractivity contribution is -0.133. The van der Waals surface area contributed by atoms with Crippen molar-refractivity contribution in [2.45, 2.75) is 44.6 Å². The summed E-state index contributed by atoms with van der Waals surface area (Å²) in [6, 6.07) is 8.60. The second-order valence-electron chi connectivity index (χ2n) is 8.42. The van der Waals surface area contributed by atoms with Gasteiger partial charge in [0, 0.05) is 36.7 Å². The summed E-state index contributed by atoms with van der Waals surface area (Å²) < 4.78 is 20.6. The smallest absolute Gasteiger partial charge is 0.249 e. The molecule has 2 heterocycles. The summed E-state index contributed by atoms with van der Waals surface area (Å²) in [6.45, 7) is 3.46. The molecule has 2 amide bonds. The molecule has 0 spiro atoms. The number of hydrogen-bond acceptors (Lipinski definition) is 5. The Hall–Kier alpha value is -2.80. The van der Waals surface area contributed by atoms with Crippen molar-refractivity contribution in [3.8, 4) is 5.75 Å². The van der Waals surface area contributed by atoms with Crippen LogP contribution in [0.2, 0.25) is 5.02 Å². The summed E-state index contributed by atoms with van der Waals surface area (Å²) in [5.41, 5.74) is 3.23. The van der Waals surface area contributed by atoms with Crippen LogP contribution in [0.4, 0.5) is 15.8 Å². The van der Waals surface area contributed by atoms with Gasteiger partial charge < -0.3 is 15.0 Å². The Labute approximate surface area is 192 Å². The van der Waals surface area contributed by atoms with Gasteiger partial charge in [0.1, 0.15) is 17.6 Å². The fourth-order valence-electron chi connectivity index (χ4n) is 4.46. The quantitative estimate of drug-likeness (QED) is 0.648. The molecule has 0 aromatic heterocycles. The molecule has 2 N–H and O–H groups in total. The van der Waals surface area contributed by atoms with Crippen LogP contribution in [-0.2, 0) is 9.59 Å². The highest BCUT2D eigenvalue weighted by Gasteiger charge is 2.28. The zero-order chi connectivity index (χ0) is 22.8. The van der Waals surface area contributed by atoms with E-state index in [9.17, 15) is 9.59 Å². The highest BCUT2D eigenvalue weighted by atomic mass is 35.5. The molecule has 2 aromatic rings. The Morgan fingerprint density at radius 1 is 1.16 bits per heavy atom. The van der Waals surface area contributed by atoms with E-state index in [4.69, 9.17) is 16.3 Å². The Kier molecular flexibility index (Phi) is 6.55. The van der Waals surface area contributed by atoms with E-state index in [-0.39, 0.29) is 18.1 Å². The Balaban J connectivity index is 1.47. The standard InChI is InChI=1S/C24H27ClFN3O3/c1-14-11-16(3-4-17(14)25)15-7-9-29(10-8-15)21-13-22(32-2)20(12-18(21)26)27-19-5-6-23(30)28-24(19)31/h3-4,11-13,15,19,27H,5-10H2,1-2H3,(H,28,30,31). The van der Waals surface area contributed by atoms with Crippen molar-refractivity contribution >= 4 is 34.8 Å². The van der Waals surface area contributed by atoms with Gasteiger partial charge in [0.2, 0.25) is 11.8 Å². The molecule has 2 fully saturated rings. The van der Waals surface area contributed by atoms with Crippen LogP contribution in [0.5, 0.6) is 5.75 Å². The molecule has 2 saturated heterocycles. The Bertz CT molecular complexity index is 1040. The van der Waals surface area contributed by atoms with Crippen LogP contribution >= 0.6 is 11.6 Å². The fourth-order valence-corrected chi connectivity index (χ4v) is 4.58. The first-order chi connectivity index (χ1) is 15.4. The molecule has 4 rings (SSSR count). The predicted molar refractivity (Wildman–Crippen MR) is 123 cm³/mol. The topological polar surface area (TPSA) is 70.7 Å². The van der Waals surface area contributed by atoms with Crippen molar-refractivity contribution in [2.75, 3.05) is 30.4 Å². The average molecular weight is 460 g/mol. The van der Waals surface area contributed by atoms with Crippen molar-refractivity contribution in [3.05, 3.63) is 52.3 Å². The summed E-state index contributed by atoms with van der Waals surface area (Å²) >= 11 is 6.15. The first-order valence-electron chi connectivity index (χ1n) is 10.8. The largest absolute Gasteiger partial charge is 0.495 e. The molecule has 32 heavy (non-hydrogen) atoms. The molecular formula is C24H27ClFN3O3. The van der Waals surface area contributed by atoms with E-state index < -0.39 is 11.9 Å². The monoisotopic (exact) mass is 459 g/mol. The van der Waals surface area contributed by atoms with E-state index in [1.54, 1.807) is 6.07 Å². The van der Waals surface area contributed by atoms with Crippen LogP contribution in [0, 0.1) is 12.7 Å². The number of hydrogen-bond donors (Lipinski definition) is 2. The molecule has 1 atom stereocenters. The molecule has 8 heteroatoms. The van der Waals surface area contributed by atoms with Gasteiger partial charge in [-0.25, -0.2) is 4.39 Å². The SMILES string of the molecule is COc1cc(N2CCC(c3ccc(Cl)c(C)c3)CC2)c(F)cc1NC1CCC(=O)NC1=O. The van der Waals surface area contributed by atoms with Gasteiger partial charge in [0.05, 0.1) is 18.5 Å². The van der Waals surface area contributed by atoms with Gasteiger partial charge in [-0.2, -0.15) is 0 Å². The summed E-state index contributed by atoms with van der Waals surface area (Å²) in [5, 5.41) is 6.09. The molecular weight excluding hydrogens is 433 g/mol. The number of benzene rings is 2. The Morgan fingerprint density at radius 2 is 1.91 bits per heavy atom. The highest BCUT2D eigenvalue weighted by molar-refractivity contribution is 6.31. The number of carbonyl (C=O) groups is 2. The summed E-state index contributed by atoms with van der Waals surface area (Å²) in [5.74, 6) is -0.199. The van der Waals surface area contributed by atoms with Crippen molar-refractivity contribution in [3.63, 3.8) is 0 Å². The molecule has 2 aromatic carbocycles. The maximum atomic E-state index is 15.1. The number of ether oxygens (including phenoxy) is 1. The first-order valence-corrected chi connectivity index (χ1v) is 11.2. The van der Waals surface area contributed by atoms with E-state index in [0.717, 1.165) is 36.5 Å². The zero-order valence-electron chi connectivity index (χ0n) is 18.2. The van der Waals surface area contributed by atoms with Gasteiger partial charge >= 0.3 is 0 Å². The number of amides is 2. The number of imide groups is 1. The summed E-state index contributed by atoms with van der Waals surface area (Å²) in [7, 11) is 1.52. The van der Waals surface area contributed by atoms with Crippen molar-refractivity contribution in [2.24, 2.45) is 0 Å². The number of rotatable bonds is 5. The number of nitrogens with zero attached hydrogens (tertiary/aromatic N) is 1. The molecule has 2 aliphatic rings. The summed E-state index contributed by atoms with van der Waals surface area (Å²) in [6.07, 6.45) is 2.43. The van der Waals surface area contributed by atoms with E-state index in [0.29, 0.717) is 29.5 Å². The molecule has 1 unspecified atom stereocenters. The first kappa shape index (κ1) is 22.4. The number of aryl methyl sites for hydroxylation is 1. The van der Waals surface area contributed by atoms with Gasteiger partial charge in [0.25, 0.3) is 0 Å². The summed E-state index contributed by atoms with van der Waals surface area (Å²) in [4.78, 5) is 25.4. The molecule has 6 nitrogen and oxygen atoms in total. The number of nitrogens with one attached hydrogen (secondary N) is 2. The minimum absolute atomic E-state index is 0.244. The Morgan fingerprint density at radius 3 is 2.56 bits per heavy atom. The second-order valence-corrected chi connectivity index (χ2v) is 8.83. The number of halogens is 2. The van der Waals surface area contributed by atoms with Crippen molar-refractivity contribution in [1.82, 2.24) is 5.32 Å². The van der Waals surface area contributed by atoms with Crippen LogP contribution < -0.4 is 20.3 Å².